The Morgan fingerprint density at radius 2 is 1.74 bits per heavy atom. The van der Waals surface area contributed by atoms with E-state index in [1.165, 1.54) is 0 Å². The molecule has 0 aliphatic heterocycles. The molecule has 7 nitrogen and oxygen atoms in total. The van der Waals surface area contributed by atoms with Gasteiger partial charge < -0.3 is 20.5 Å². The molecule has 8 heteroatoms. The molecule has 0 radical (unpaired) electrons. The summed E-state index contributed by atoms with van der Waals surface area (Å²) in [5.74, 6) is 1.78. The summed E-state index contributed by atoms with van der Waals surface area (Å²) in [5, 5.41) is 2.97. The van der Waals surface area contributed by atoms with Crippen LogP contribution in [-0.4, -0.2) is 30.1 Å². The molecular weight excluding hydrogens is 318 g/mol. The van der Waals surface area contributed by atoms with Gasteiger partial charge in [-0.3, -0.25) is 0 Å². The average Bonchev–Trinajstić information content (AvgIpc) is 2.46. The van der Waals surface area contributed by atoms with Crippen molar-refractivity contribution in [2.24, 2.45) is 10.7 Å². The van der Waals surface area contributed by atoms with Crippen molar-refractivity contribution in [1.82, 2.24) is 9.97 Å². The van der Waals surface area contributed by atoms with Crippen LogP contribution in [-0.2, 0) is 0 Å². The molecule has 0 bridgehead atoms. The number of ether oxygens (including phenoxy) is 2. The van der Waals surface area contributed by atoms with Crippen LogP contribution in [0.15, 0.2) is 29.3 Å². The first-order valence-corrected chi connectivity index (χ1v) is 6.67. The van der Waals surface area contributed by atoms with Crippen LogP contribution < -0.4 is 20.5 Å². The Morgan fingerprint density at radius 3 is 2.30 bits per heavy atom. The number of hydrogen-bond acceptors (Lipinski definition) is 5. The fourth-order valence-corrected chi connectivity index (χ4v) is 1.93. The number of rotatable bonds is 4. The van der Waals surface area contributed by atoms with Crippen LogP contribution in [0.5, 0.6) is 11.5 Å². The predicted octanol–water partition coefficient (Wildman–Crippen LogP) is 2.59. The summed E-state index contributed by atoms with van der Waals surface area (Å²) in [6, 6.07) is 7.21. The van der Waals surface area contributed by atoms with Crippen LogP contribution in [0, 0.1) is 13.8 Å². The van der Waals surface area contributed by atoms with E-state index in [4.69, 9.17) is 15.2 Å². The number of methoxy groups -OCH3 is 2. The Kier molecular flexibility index (Phi) is 6.59. The van der Waals surface area contributed by atoms with Crippen molar-refractivity contribution in [2.45, 2.75) is 13.8 Å². The van der Waals surface area contributed by atoms with E-state index in [2.05, 4.69) is 20.3 Å². The lowest BCUT2D eigenvalue weighted by Crippen LogP contribution is -2.22. The van der Waals surface area contributed by atoms with Gasteiger partial charge in [-0.05, 0) is 32.0 Å². The Bertz CT molecular complexity index is 686. The summed E-state index contributed by atoms with van der Waals surface area (Å²) in [4.78, 5) is 12.6. The number of guanidine groups is 1. The minimum absolute atomic E-state index is 0. The molecule has 0 atom stereocenters. The highest BCUT2D eigenvalue weighted by Gasteiger charge is 2.07. The zero-order valence-corrected chi connectivity index (χ0v) is 14.3. The molecule has 0 fully saturated rings. The van der Waals surface area contributed by atoms with Gasteiger partial charge in [-0.25, -0.2) is 9.97 Å². The molecular formula is C15H20ClN5O2. The molecule has 0 amide bonds. The monoisotopic (exact) mass is 337 g/mol. The van der Waals surface area contributed by atoms with Crippen molar-refractivity contribution in [3.05, 3.63) is 35.7 Å². The van der Waals surface area contributed by atoms with E-state index in [-0.39, 0.29) is 18.4 Å². The number of aliphatic imine (C=N–C) groups is 1. The first-order chi connectivity index (χ1) is 10.5. The maximum Gasteiger partial charge on any atom is 0.253 e. The van der Waals surface area contributed by atoms with E-state index in [1.807, 2.05) is 19.9 Å². The Hall–Kier alpha value is -2.54. The van der Waals surface area contributed by atoms with Gasteiger partial charge in [0.05, 0.1) is 19.9 Å². The molecule has 0 saturated carbocycles. The SMILES string of the molecule is COc1ccc(N/C(N)=N/c2nc(C)cc(C)n2)c(OC)c1.Cl. The van der Waals surface area contributed by atoms with Crippen LogP contribution in [0.1, 0.15) is 11.4 Å². The van der Waals surface area contributed by atoms with Crippen molar-refractivity contribution in [2.75, 3.05) is 19.5 Å². The highest BCUT2D eigenvalue weighted by Crippen LogP contribution is 2.28. The molecule has 1 aromatic heterocycles. The van der Waals surface area contributed by atoms with Gasteiger partial charge in [-0.15, -0.1) is 12.4 Å². The fraction of sp³-hybridized carbons (Fsp3) is 0.267. The van der Waals surface area contributed by atoms with Gasteiger partial charge in [0.15, 0.2) is 0 Å². The third-order valence-corrected chi connectivity index (χ3v) is 2.86. The summed E-state index contributed by atoms with van der Waals surface area (Å²) in [6.07, 6.45) is 0. The van der Waals surface area contributed by atoms with Crippen LogP contribution in [0.25, 0.3) is 0 Å². The van der Waals surface area contributed by atoms with Crippen LogP contribution in [0.4, 0.5) is 11.6 Å². The molecule has 0 aliphatic carbocycles. The third kappa shape index (κ3) is 5.00. The number of benzene rings is 1. The number of aromatic nitrogens is 2. The predicted molar refractivity (Wildman–Crippen MR) is 93.2 cm³/mol. The number of anilines is 1. The molecule has 0 spiro atoms. The van der Waals surface area contributed by atoms with Gasteiger partial charge in [0.25, 0.3) is 5.95 Å². The maximum absolute atomic E-state index is 5.90. The Morgan fingerprint density at radius 1 is 1.09 bits per heavy atom. The van der Waals surface area contributed by atoms with E-state index in [9.17, 15) is 0 Å². The number of nitrogens with two attached hydrogens (primary N) is 1. The second-order valence-corrected chi connectivity index (χ2v) is 4.64. The molecule has 23 heavy (non-hydrogen) atoms. The molecule has 124 valence electrons. The second-order valence-electron chi connectivity index (χ2n) is 4.64. The normalized spacial score (nSPS) is 10.7. The van der Waals surface area contributed by atoms with Crippen molar-refractivity contribution in [3.63, 3.8) is 0 Å². The van der Waals surface area contributed by atoms with Gasteiger partial charge in [-0.2, -0.15) is 4.99 Å². The van der Waals surface area contributed by atoms with Crippen molar-refractivity contribution in [1.29, 1.82) is 0 Å². The smallest absolute Gasteiger partial charge is 0.253 e. The van der Waals surface area contributed by atoms with Gasteiger partial charge in [0.2, 0.25) is 5.96 Å². The molecule has 0 unspecified atom stereocenters. The second kappa shape index (κ2) is 8.19. The van der Waals surface area contributed by atoms with Crippen molar-refractivity contribution >= 4 is 30.0 Å². The van der Waals surface area contributed by atoms with Crippen molar-refractivity contribution < 1.29 is 9.47 Å². The fourth-order valence-electron chi connectivity index (χ4n) is 1.93. The number of aryl methyl sites for hydroxylation is 2. The lowest BCUT2D eigenvalue weighted by Gasteiger charge is -2.11. The van der Waals surface area contributed by atoms with Gasteiger partial charge >= 0.3 is 0 Å². The van der Waals surface area contributed by atoms with Crippen LogP contribution in [0.2, 0.25) is 0 Å². The van der Waals surface area contributed by atoms with E-state index in [1.54, 1.807) is 32.4 Å². The number of hydrogen-bond donors (Lipinski definition) is 2. The van der Waals surface area contributed by atoms with Crippen LogP contribution >= 0.6 is 12.4 Å². The summed E-state index contributed by atoms with van der Waals surface area (Å²) < 4.78 is 10.4. The summed E-state index contributed by atoms with van der Waals surface area (Å²) in [5.41, 5.74) is 8.25. The summed E-state index contributed by atoms with van der Waals surface area (Å²) >= 11 is 0. The molecule has 1 heterocycles. The van der Waals surface area contributed by atoms with Gasteiger partial charge in [0.1, 0.15) is 11.5 Å². The van der Waals surface area contributed by atoms with Gasteiger partial charge in [0, 0.05) is 17.5 Å². The molecule has 1 aromatic carbocycles. The summed E-state index contributed by atoms with van der Waals surface area (Å²) in [7, 11) is 3.16. The summed E-state index contributed by atoms with van der Waals surface area (Å²) in [6.45, 7) is 3.76. The highest BCUT2D eigenvalue weighted by molar-refractivity contribution is 5.95. The minimum Gasteiger partial charge on any atom is -0.497 e. The topological polar surface area (TPSA) is 94.7 Å². The largest absolute Gasteiger partial charge is 0.497 e. The maximum atomic E-state index is 5.90. The molecule has 2 rings (SSSR count). The highest BCUT2D eigenvalue weighted by atomic mass is 35.5. The number of nitrogens with zero attached hydrogens (tertiary/aromatic N) is 3. The quantitative estimate of drug-likeness (QED) is 0.657. The Balaban J connectivity index is 0.00000264. The number of nitrogens with one attached hydrogen (secondary N) is 1. The lowest BCUT2D eigenvalue weighted by molar-refractivity contribution is 0.395. The molecule has 0 aliphatic rings. The third-order valence-electron chi connectivity index (χ3n) is 2.86. The zero-order chi connectivity index (χ0) is 16.1. The molecule has 3 N–H and O–H groups in total. The van der Waals surface area contributed by atoms with Gasteiger partial charge in [-0.1, -0.05) is 0 Å². The first-order valence-electron chi connectivity index (χ1n) is 6.67. The minimum atomic E-state index is 0. The van der Waals surface area contributed by atoms with E-state index >= 15 is 0 Å². The Labute approximate surface area is 141 Å². The van der Waals surface area contributed by atoms with E-state index < -0.39 is 0 Å². The molecule has 0 saturated heterocycles. The number of halogens is 1. The van der Waals surface area contributed by atoms with E-state index in [0.717, 1.165) is 11.4 Å². The zero-order valence-electron chi connectivity index (χ0n) is 13.5. The standard InChI is InChI=1S/C15H19N5O2.ClH/c1-9-7-10(2)18-15(17-9)20-14(16)19-12-6-5-11(21-3)8-13(12)22-4;/h5-8H,1-4H3,(H3,16,17,18,19,20);1H. The van der Waals surface area contributed by atoms with Crippen molar-refractivity contribution in [3.8, 4) is 11.5 Å². The van der Waals surface area contributed by atoms with Crippen LogP contribution in [0.3, 0.4) is 0 Å². The average molecular weight is 338 g/mol. The molecule has 2 aromatic rings. The first kappa shape index (κ1) is 18.5. The van der Waals surface area contributed by atoms with E-state index in [0.29, 0.717) is 23.1 Å². The lowest BCUT2D eigenvalue weighted by atomic mass is 10.2.